The Labute approximate surface area is 127 Å². The first-order valence-electron chi connectivity index (χ1n) is 6.38. The maximum absolute atomic E-state index is 13.3. The summed E-state index contributed by atoms with van der Waals surface area (Å²) in [5, 5.41) is 3.80. The maximum Gasteiger partial charge on any atom is 0.340 e. The zero-order valence-electron chi connectivity index (χ0n) is 11.7. The van der Waals surface area contributed by atoms with Gasteiger partial charge in [-0.25, -0.2) is 9.18 Å². The van der Waals surface area contributed by atoms with E-state index in [2.05, 4.69) is 10.1 Å². The molecular formula is C16H15ClFNO2. The van der Waals surface area contributed by atoms with Gasteiger partial charge in [0.2, 0.25) is 0 Å². The third-order valence-corrected chi connectivity index (χ3v) is 3.40. The molecule has 0 aliphatic heterocycles. The number of hydrogen-bond donors (Lipinski definition) is 1. The van der Waals surface area contributed by atoms with Gasteiger partial charge < -0.3 is 10.1 Å². The lowest BCUT2D eigenvalue weighted by atomic mass is 10.1. The van der Waals surface area contributed by atoms with Crippen molar-refractivity contribution in [2.24, 2.45) is 0 Å². The van der Waals surface area contributed by atoms with E-state index in [1.165, 1.54) is 19.2 Å². The predicted molar refractivity (Wildman–Crippen MR) is 81.3 cm³/mol. The number of esters is 1. The lowest BCUT2D eigenvalue weighted by Crippen LogP contribution is -2.09. The van der Waals surface area contributed by atoms with Crippen LogP contribution in [0.5, 0.6) is 0 Å². The van der Waals surface area contributed by atoms with E-state index in [1.807, 2.05) is 19.1 Å². The van der Waals surface area contributed by atoms with E-state index in [0.717, 1.165) is 17.2 Å². The van der Waals surface area contributed by atoms with Gasteiger partial charge in [0.25, 0.3) is 0 Å². The van der Waals surface area contributed by atoms with Gasteiger partial charge in [-0.05, 0) is 48.4 Å². The molecule has 0 atom stereocenters. The van der Waals surface area contributed by atoms with Gasteiger partial charge in [0.15, 0.2) is 0 Å². The summed E-state index contributed by atoms with van der Waals surface area (Å²) in [7, 11) is 1.26. The molecule has 3 nitrogen and oxygen atoms in total. The van der Waals surface area contributed by atoms with Crippen molar-refractivity contribution in [2.75, 3.05) is 12.4 Å². The molecule has 0 aliphatic carbocycles. The second-order valence-corrected chi connectivity index (χ2v) is 5.04. The van der Waals surface area contributed by atoms with Crippen molar-refractivity contribution < 1.29 is 13.9 Å². The number of rotatable bonds is 4. The highest BCUT2D eigenvalue weighted by atomic mass is 35.5. The zero-order valence-corrected chi connectivity index (χ0v) is 12.5. The molecule has 0 fully saturated rings. The van der Waals surface area contributed by atoms with Crippen LogP contribution in [0.1, 0.15) is 21.5 Å². The molecule has 0 amide bonds. The van der Waals surface area contributed by atoms with E-state index in [0.29, 0.717) is 17.3 Å². The van der Waals surface area contributed by atoms with Gasteiger partial charge in [0.1, 0.15) is 5.82 Å². The molecule has 2 rings (SSSR count). The van der Waals surface area contributed by atoms with Crippen LogP contribution in [0.2, 0.25) is 5.02 Å². The summed E-state index contributed by atoms with van der Waals surface area (Å²) < 4.78 is 17.9. The van der Waals surface area contributed by atoms with E-state index >= 15 is 0 Å². The van der Waals surface area contributed by atoms with Crippen molar-refractivity contribution in [3.63, 3.8) is 0 Å². The molecule has 0 saturated carbocycles. The van der Waals surface area contributed by atoms with Crippen molar-refractivity contribution in [3.8, 4) is 0 Å². The summed E-state index contributed by atoms with van der Waals surface area (Å²) in [4.78, 5) is 11.7. The predicted octanol–water partition coefficient (Wildman–Crippen LogP) is 4.19. The highest BCUT2D eigenvalue weighted by Gasteiger charge is 2.13. The van der Waals surface area contributed by atoms with Crippen LogP contribution in [0.25, 0.3) is 0 Å². The summed E-state index contributed by atoms with van der Waals surface area (Å²) in [6.07, 6.45) is 0. The average molecular weight is 308 g/mol. The molecule has 0 spiro atoms. The SMILES string of the molecule is COC(=O)c1cc(F)ccc1NCc1ccc(Cl)cc1C. The third-order valence-electron chi connectivity index (χ3n) is 3.16. The van der Waals surface area contributed by atoms with Gasteiger partial charge in [-0.1, -0.05) is 17.7 Å². The Morgan fingerprint density at radius 3 is 2.71 bits per heavy atom. The second kappa shape index (κ2) is 6.59. The number of anilines is 1. The number of aryl methyl sites for hydroxylation is 1. The van der Waals surface area contributed by atoms with Gasteiger partial charge in [-0.3, -0.25) is 0 Å². The molecule has 0 heterocycles. The fourth-order valence-electron chi connectivity index (χ4n) is 2.00. The standard InChI is InChI=1S/C16H15ClFNO2/c1-10-7-12(17)4-3-11(10)9-19-15-6-5-13(18)8-14(15)16(20)21-2/h3-8,19H,9H2,1-2H3. The first-order chi connectivity index (χ1) is 10.0. The molecule has 5 heteroatoms. The van der Waals surface area contributed by atoms with Crippen molar-refractivity contribution in [1.82, 2.24) is 0 Å². The minimum atomic E-state index is -0.579. The molecule has 0 unspecified atom stereocenters. The minimum Gasteiger partial charge on any atom is -0.465 e. The fourth-order valence-corrected chi connectivity index (χ4v) is 2.22. The number of methoxy groups -OCH3 is 1. The minimum absolute atomic E-state index is 0.170. The molecular weight excluding hydrogens is 293 g/mol. The van der Waals surface area contributed by atoms with Gasteiger partial charge in [0.05, 0.1) is 12.7 Å². The highest BCUT2D eigenvalue weighted by molar-refractivity contribution is 6.30. The molecule has 0 aliphatic rings. The first-order valence-corrected chi connectivity index (χ1v) is 6.76. The van der Waals surface area contributed by atoms with Crippen LogP contribution in [-0.4, -0.2) is 13.1 Å². The molecule has 2 aromatic rings. The van der Waals surface area contributed by atoms with E-state index in [9.17, 15) is 9.18 Å². The van der Waals surface area contributed by atoms with Crippen LogP contribution in [0.3, 0.4) is 0 Å². The normalized spacial score (nSPS) is 10.3. The maximum atomic E-state index is 13.3. The number of carbonyl (C=O) groups excluding carboxylic acids is 1. The van der Waals surface area contributed by atoms with Gasteiger partial charge in [-0.2, -0.15) is 0 Å². The van der Waals surface area contributed by atoms with E-state index < -0.39 is 11.8 Å². The Bertz CT molecular complexity index is 673. The van der Waals surface area contributed by atoms with Gasteiger partial charge in [-0.15, -0.1) is 0 Å². The molecule has 0 radical (unpaired) electrons. The summed E-state index contributed by atoms with van der Waals surface area (Å²) in [5.41, 5.74) is 2.78. The van der Waals surface area contributed by atoms with Crippen molar-refractivity contribution in [2.45, 2.75) is 13.5 Å². The second-order valence-electron chi connectivity index (χ2n) is 4.61. The summed E-state index contributed by atoms with van der Waals surface area (Å²) in [5.74, 6) is -1.06. The molecule has 0 bridgehead atoms. The lowest BCUT2D eigenvalue weighted by molar-refractivity contribution is 0.0601. The summed E-state index contributed by atoms with van der Waals surface area (Å²) >= 11 is 5.91. The molecule has 0 aromatic heterocycles. The Balaban J connectivity index is 2.21. The Hall–Kier alpha value is -2.07. The Morgan fingerprint density at radius 1 is 1.29 bits per heavy atom. The van der Waals surface area contributed by atoms with Crippen molar-refractivity contribution >= 4 is 23.3 Å². The van der Waals surface area contributed by atoms with Crippen LogP contribution in [0.4, 0.5) is 10.1 Å². The smallest absolute Gasteiger partial charge is 0.340 e. The number of carbonyl (C=O) groups is 1. The van der Waals surface area contributed by atoms with Crippen molar-refractivity contribution in [1.29, 1.82) is 0 Å². The Morgan fingerprint density at radius 2 is 2.05 bits per heavy atom. The van der Waals surface area contributed by atoms with Crippen LogP contribution >= 0.6 is 11.6 Å². The Kier molecular flexibility index (Phi) is 4.81. The topological polar surface area (TPSA) is 38.3 Å². The molecule has 110 valence electrons. The van der Waals surface area contributed by atoms with Crippen LogP contribution in [0, 0.1) is 12.7 Å². The zero-order chi connectivity index (χ0) is 15.4. The van der Waals surface area contributed by atoms with Gasteiger partial charge in [0, 0.05) is 17.3 Å². The first kappa shape index (κ1) is 15.3. The molecule has 21 heavy (non-hydrogen) atoms. The van der Waals surface area contributed by atoms with E-state index in [4.69, 9.17) is 11.6 Å². The lowest BCUT2D eigenvalue weighted by Gasteiger charge is -2.12. The molecule has 0 saturated heterocycles. The summed E-state index contributed by atoms with van der Waals surface area (Å²) in [6, 6.07) is 9.55. The number of benzene rings is 2. The van der Waals surface area contributed by atoms with Crippen LogP contribution < -0.4 is 5.32 Å². The van der Waals surface area contributed by atoms with E-state index in [1.54, 1.807) is 6.07 Å². The monoisotopic (exact) mass is 307 g/mol. The average Bonchev–Trinajstić information content (AvgIpc) is 2.46. The van der Waals surface area contributed by atoms with Crippen LogP contribution in [0.15, 0.2) is 36.4 Å². The largest absolute Gasteiger partial charge is 0.465 e. The third kappa shape index (κ3) is 3.73. The fraction of sp³-hybridized carbons (Fsp3) is 0.188. The van der Waals surface area contributed by atoms with Crippen LogP contribution in [-0.2, 0) is 11.3 Å². The van der Waals surface area contributed by atoms with Crippen molar-refractivity contribution in [3.05, 3.63) is 63.9 Å². The van der Waals surface area contributed by atoms with E-state index in [-0.39, 0.29) is 5.56 Å². The molecule has 2 aromatic carbocycles. The number of halogens is 2. The highest BCUT2D eigenvalue weighted by Crippen LogP contribution is 2.21. The van der Waals surface area contributed by atoms with Gasteiger partial charge >= 0.3 is 5.97 Å². The number of nitrogens with one attached hydrogen (secondary N) is 1. The number of ether oxygens (including phenoxy) is 1. The summed E-state index contributed by atoms with van der Waals surface area (Å²) in [6.45, 7) is 2.45. The number of hydrogen-bond acceptors (Lipinski definition) is 3. The quantitative estimate of drug-likeness (QED) is 0.861. The molecule has 1 N–H and O–H groups in total.